The van der Waals surface area contributed by atoms with E-state index in [0.29, 0.717) is 17.4 Å². The van der Waals surface area contributed by atoms with Crippen molar-refractivity contribution in [2.75, 3.05) is 6.61 Å². The molecule has 1 heterocycles. The van der Waals surface area contributed by atoms with Gasteiger partial charge in [0.2, 0.25) is 0 Å². The molecule has 0 N–H and O–H groups in total. The molecule has 1 saturated heterocycles. The lowest BCUT2D eigenvalue weighted by molar-refractivity contribution is -0.190. The highest BCUT2D eigenvalue weighted by molar-refractivity contribution is 6.66. The van der Waals surface area contributed by atoms with Crippen LogP contribution in [0.25, 0.3) is 0 Å². The van der Waals surface area contributed by atoms with Gasteiger partial charge in [0.25, 0.3) is 11.8 Å². The van der Waals surface area contributed by atoms with Crippen molar-refractivity contribution in [1.29, 1.82) is 0 Å². The van der Waals surface area contributed by atoms with Crippen LogP contribution in [0.2, 0.25) is 0 Å². The molecule has 0 aromatic carbocycles. The number of amides is 2. The molecule has 2 aliphatic carbocycles. The van der Waals surface area contributed by atoms with Crippen molar-refractivity contribution >= 4 is 81.4 Å². The number of fused-ring (bicyclic) bond motifs is 5. The summed E-state index contributed by atoms with van der Waals surface area (Å²) < 4.78 is -1.91. The Hall–Kier alpha value is 0.580. The Bertz CT molecular complexity index is 619. The second kappa shape index (κ2) is 5.79. The summed E-state index contributed by atoms with van der Waals surface area (Å²) in [4.78, 5) is 27.3. The highest BCUT2D eigenvalue weighted by atomic mass is 35.5. The SMILES string of the molecule is CC(C)CCON1C(=O)C2C(C1=O)C1(Cl)C(Cl)=C(Cl)C2(Cl)C1(Cl)Cl. The smallest absolute Gasteiger partial charge is 0.259 e. The molecule has 134 valence electrons. The normalized spacial score (nSPS) is 40.3. The molecule has 4 unspecified atom stereocenters. The fourth-order valence-electron chi connectivity index (χ4n) is 3.48. The summed E-state index contributed by atoms with van der Waals surface area (Å²) in [6.45, 7) is 4.18. The Labute approximate surface area is 169 Å². The summed E-state index contributed by atoms with van der Waals surface area (Å²) in [7, 11) is 0. The van der Waals surface area contributed by atoms with Crippen LogP contribution in [0.1, 0.15) is 20.3 Å². The Morgan fingerprint density at radius 2 is 1.42 bits per heavy atom. The minimum absolute atomic E-state index is 0.114. The Morgan fingerprint density at radius 3 is 1.79 bits per heavy atom. The number of hydrogen-bond donors (Lipinski definition) is 0. The lowest BCUT2D eigenvalue weighted by Gasteiger charge is -2.34. The average Bonchev–Trinajstić information content (AvgIpc) is 2.86. The number of imide groups is 1. The summed E-state index contributed by atoms with van der Waals surface area (Å²) in [6, 6.07) is 0. The number of nitrogens with zero attached hydrogens (tertiary/aromatic N) is 1. The van der Waals surface area contributed by atoms with E-state index >= 15 is 0 Å². The monoisotopic (exact) mass is 453 g/mol. The first-order valence-electron chi connectivity index (χ1n) is 7.26. The Morgan fingerprint density at radius 1 is 1.00 bits per heavy atom. The minimum Gasteiger partial charge on any atom is -0.272 e. The van der Waals surface area contributed by atoms with Crippen LogP contribution in [-0.2, 0) is 14.4 Å². The van der Waals surface area contributed by atoms with Crippen LogP contribution in [0, 0.1) is 17.8 Å². The van der Waals surface area contributed by atoms with Crippen LogP contribution in [0.5, 0.6) is 0 Å². The molecule has 1 saturated carbocycles. The van der Waals surface area contributed by atoms with E-state index in [0.717, 1.165) is 0 Å². The van der Waals surface area contributed by atoms with E-state index in [1.807, 2.05) is 13.8 Å². The first-order chi connectivity index (χ1) is 10.9. The van der Waals surface area contributed by atoms with Crippen LogP contribution in [-0.4, -0.2) is 37.6 Å². The van der Waals surface area contributed by atoms with Crippen molar-refractivity contribution in [3.05, 3.63) is 10.1 Å². The van der Waals surface area contributed by atoms with E-state index in [4.69, 9.17) is 74.4 Å². The lowest BCUT2D eigenvalue weighted by atomic mass is 9.84. The zero-order chi connectivity index (χ0) is 18.2. The summed E-state index contributed by atoms with van der Waals surface area (Å²) in [5.41, 5.74) is 0. The third kappa shape index (κ3) is 2.00. The van der Waals surface area contributed by atoms with Gasteiger partial charge in [-0.2, -0.15) is 5.06 Å². The number of hydroxylamine groups is 2. The quantitative estimate of drug-likeness (QED) is 0.466. The number of alkyl halides is 4. The molecule has 4 atom stereocenters. The molecule has 0 aromatic rings. The van der Waals surface area contributed by atoms with Crippen LogP contribution < -0.4 is 0 Å². The highest BCUT2D eigenvalue weighted by Gasteiger charge is 2.87. The van der Waals surface area contributed by atoms with Gasteiger partial charge in [0.05, 0.1) is 28.5 Å². The summed E-state index contributed by atoms with van der Waals surface area (Å²) in [5, 5.41) is 0.462. The van der Waals surface area contributed by atoms with Crippen molar-refractivity contribution in [2.24, 2.45) is 17.8 Å². The van der Waals surface area contributed by atoms with Crippen molar-refractivity contribution in [3.8, 4) is 0 Å². The maximum absolute atomic E-state index is 12.7. The molecule has 4 nitrogen and oxygen atoms in total. The molecular formula is C14H13Cl6NO3. The van der Waals surface area contributed by atoms with E-state index in [-0.39, 0.29) is 16.7 Å². The first kappa shape index (κ1) is 19.3. The van der Waals surface area contributed by atoms with Gasteiger partial charge in [-0.25, -0.2) is 0 Å². The van der Waals surface area contributed by atoms with Crippen LogP contribution in [0.3, 0.4) is 0 Å². The summed E-state index contributed by atoms with van der Waals surface area (Å²) in [6.07, 6.45) is 0.666. The third-order valence-corrected chi connectivity index (χ3v) is 9.04. The fraction of sp³-hybridized carbons (Fsp3) is 0.714. The molecule has 3 aliphatic rings. The second-order valence-corrected chi connectivity index (χ2v) is 9.84. The van der Waals surface area contributed by atoms with Crippen molar-refractivity contribution in [1.82, 2.24) is 5.06 Å². The molecule has 2 bridgehead atoms. The molecule has 24 heavy (non-hydrogen) atoms. The molecule has 2 amide bonds. The van der Waals surface area contributed by atoms with Gasteiger partial charge in [0.15, 0.2) is 4.33 Å². The van der Waals surface area contributed by atoms with Crippen LogP contribution >= 0.6 is 69.6 Å². The highest BCUT2D eigenvalue weighted by Crippen LogP contribution is 2.77. The van der Waals surface area contributed by atoms with E-state index in [2.05, 4.69) is 0 Å². The van der Waals surface area contributed by atoms with E-state index in [1.54, 1.807) is 0 Å². The minimum atomic E-state index is -1.91. The third-order valence-electron chi connectivity index (χ3n) is 4.78. The van der Waals surface area contributed by atoms with Gasteiger partial charge in [-0.3, -0.25) is 14.4 Å². The van der Waals surface area contributed by atoms with Gasteiger partial charge in [0.1, 0.15) is 9.75 Å². The summed E-state index contributed by atoms with van der Waals surface area (Å²) in [5.74, 6) is -3.28. The number of halogens is 6. The van der Waals surface area contributed by atoms with Crippen LogP contribution in [0.4, 0.5) is 0 Å². The molecule has 10 heteroatoms. The number of allylic oxidation sites excluding steroid dienone is 2. The second-order valence-electron chi connectivity index (χ2n) is 6.57. The molecule has 0 radical (unpaired) electrons. The van der Waals surface area contributed by atoms with Gasteiger partial charge in [0, 0.05) is 0 Å². The Balaban J connectivity index is 1.99. The van der Waals surface area contributed by atoms with Gasteiger partial charge in [-0.1, -0.05) is 60.3 Å². The molecule has 3 rings (SSSR count). The maximum Gasteiger partial charge on any atom is 0.259 e. The lowest BCUT2D eigenvalue weighted by Crippen LogP contribution is -2.50. The number of carbonyl (C=O) groups excluding carboxylic acids is 2. The predicted octanol–water partition coefficient (Wildman–Crippen LogP) is 4.41. The van der Waals surface area contributed by atoms with Crippen molar-refractivity contribution in [3.63, 3.8) is 0 Å². The van der Waals surface area contributed by atoms with E-state index in [1.165, 1.54) is 0 Å². The number of carbonyl (C=O) groups is 2. The molecule has 0 aromatic heterocycles. The van der Waals surface area contributed by atoms with Crippen molar-refractivity contribution < 1.29 is 14.4 Å². The maximum atomic E-state index is 12.7. The topological polar surface area (TPSA) is 46.6 Å². The van der Waals surface area contributed by atoms with Gasteiger partial charge >= 0.3 is 0 Å². The average molecular weight is 456 g/mol. The van der Waals surface area contributed by atoms with E-state index < -0.39 is 37.7 Å². The van der Waals surface area contributed by atoms with Crippen molar-refractivity contribution in [2.45, 2.75) is 34.3 Å². The van der Waals surface area contributed by atoms with Gasteiger partial charge in [-0.15, -0.1) is 23.2 Å². The standard InChI is InChI=1S/C14H13Cl6NO3/c1-5(2)3-4-24-21-10(22)6-7(11(21)23)13(18)9(16)8(15)12(6,17)14(13,19)20/h5-7H,3-4H2,1-2H3. The molecule has 2 fully saturated rings. The van der Waals surface area contributed by atoms with Crippen LogP contribution in [0.15, 0.2) is 10.1 Å². The molecule has 0 spiro atoms. The summed E-state index contributed by atoms with van der Waals surface area (Å²) >= 11 is 38.2. The largest absolute Gasteiger partial charge is 0.272 e. The van der Waals surface area contributed by atoms with Gasteiger partial charge < -0.3 is 0 Å². The molecular weight excluding hydrogens is 443 g/mol. The molecule has 1 aliphatic heterocycles. The zero-order valence-corrected chi connectivity index (χ0v) is 17.1. The van der Waals surface area contributed by atoms with Gasteiger partial charge in [-0.05, 0) is 12.3 Å². The number of hydrogen-bond acceptors (Lipinski definition) is 3. The van der Waals surface area contributed by atoms with E-state index in [9.17, 15) is 9.59 Å². The first-order valence-corrected chi connectivity index (χ1v) is 9.53. The fourth-order valence-corrected chi connectivity index (χ4v) is 6.41. The number of rotatable bonds is 4. The Kier molecular flexibility index (Phi) is 4.66. The zero-order valence-electron chi connectivity index (χ0n) is 12.6. The predicted molar refractivity (Wildman–Crippen MR) is 94.6 cm³/mol.